The number of hydrogen-bond donors (Lipinski definition) is 1. The van der Waals surface area contributed by atoms with Crippen molar-refractivity contribution in [2.45, 2.75) is 19.3 Å². The molecule has 4 heteroatoms. The van der Waals surface area contributed by atoms with Gasteiger partial charge in [0.1, 0.15) is 0 Å². The summed E-state index contributed by atoms with van der Waals surface area (Å²) in [6.45, 7) is 1.97. The Bertz CT molecular complexity index is 1410. The van der Waals surface area contributed by atoms with Gasteiger partial charge in [-0.3, -0.25) is 5.10 Å². The molecule has 0 saturated heterocycles. The van der Waals surface area contributed by atoms with Gasteiger partial charge in [0.15, 0.2) is 0 Å². The SMILES string of the molecule is [2H]C([2H])([2H])N1CN(c2cccc(C3(c4ccn[nH]4)c4ccccc4-c4ccccc43)c2)C(C)=C1C. The fraction of sp³-hybridized carbons (Fsp3) is 0.179. The number of allylic oxidation sites excluding steroid dienone is 2. The number of anilines is 1. The van der Waals surface area contributed by atoms with Crippen molar-refractivity contribution in [1.29, 1.82) is 0 Å². The first kappa shape index (κ1) is 15.9. The van der Waals surface area contributed by atoms with Crippen molar-refractivity contribution in [2.75, 3.05) is 18.5 Å². The van der Waals surface area contributed by atoms with E-state index >= 15 is 0 Å². The van der Waals surface area contributed by atoms with Crippen LogP contribution in [0.15, 0.2) is 96.5 Å². The number of fused-ring (bicyclic) bond motifs is 3. The van der Waals surface area contributed by atoms with Gasteiger partial charge in [-0.1, -0.05) is 60.7 Å². The second-order valence-corrected chi connectivity index (χ2v) is 8.53. The number of aromatic amines is 1. The standard InChI is InChI=1S/C28H26N4/c1-19-20(2)32(18-31(19)3)22-10-8-9-21(17-22)28(27-15-16-29-30-27)25-13-6-4-11-23(25)24-12-5-7-14-26(24)28/h4-17H,18H2,1-3H3,(H,29,30)/i3D3. The van der Waals surface area contributed by atoms with E-state index in [1.807, 2.05) is 19.9 Å². The monoisotopic (exact) mass is 421 g/mol. The topological polar surface area (TPSA) is 35.2 Å². The quantitative estimate of drug-likeness (QED) is 0.404. The third-order valence-corrected chi connectivity index (χ3v) is 7.06. The Labute approximate surface area is 193 Å². The van der Waals surface area contributed by atoms with E-state index in [0.29, 0.717) is 6.67 Å². The number of H-pyrrole nitrogens is 1. The lowest BCUT2D eigenvalue weighted by molar-refractivity contribution is 0.460. The Balaban J connectivity index is 1.58. The van der Waals surface area contributed by atoms with Crippen molar-refractivity contribution >= 4 is 5.69 Å². The van der Waals surface area contributed by atoms with Gasteiger partial charge in [0, 0.05) is 34.4 Å². The van der Waals surface area contributed by atoms with Gasteiger partial charge in [0.25, 0.3) is 0 Å². The van der Waals surface area contributed by atoms with Crippen LogP contribution in [0.4, 0.5) is 5.69 Å². The molecule has 0 saturated carbocycles. The number of nitrogens with one attached hydrogen (secondary N) is 1. The van der Waals surface area contributed by atoms with Crippen LogP contribution >= 0.6 is 0 Å². The molecular formula is C28H26N4. The van der Waals surface area contributed by atoms with Crippen molar-refractivity contribution in [3.63, 3.8) is 0 Å². The largest absolute Gasteiger partial charge is 0.359 e. The van der Waals surface area contributed by atoms with Crippen LogP contribution < -0.4 is 4.90 Å². The molecule has 0 bridgehead atoms. The summed E-state index contributed by atoms with van der Waals surface area (Å²) in [5.41, 5.74) is 9.07. The first-order valence-corrected chi connectivity index (χ1v) is 10.9. The summed E-state index contributed by atoms with van der Waals surface area (Å²) >= 11 is 0. The molecule has 1 N–H and O–H groups in total. The van der Waals surface area contributed by atoms with Crippen LogP contribution in [0, 0.1) is 0 Å². The second kappa shape index (κ2) is 6.86. The zero-order valence-electron chi connectivity index (χ0n) is 21.1. The number of nitrogens with zero attached hydrogens (tertiary/aromatic N) is 3. The van der Waals surface area contributed by atoms with Crippen LogP contribution in [0.2, 0.25) is 0 Å². The zero-order chi connectivity index (χ0) is 24.4. The molecule has 0 atom stereocenters. The molecule has 4 aromatic rings. The van der Waals surface area contributed by atoms with E-state index in [1.165, 1.54) is 27.2 Å². The maximum absolute atomic E-state index is 7.96. The molecule has 0 unspecified atom stereocenters. The molecule has 0 spiro atoms. The van der Waals surface area contributed by atoms with E-state index in [-0.39, 0.29) is 0 Å². The van der Waals surface area contributed by atoms with Gasteiger partial charge in [-0.15, -0.1) is 0 Å². The van der Waals surface area contributed by atoms with Crippen LogP contribution in [0.25, 0.3) is 11.1 Å². The molecule has 0 fully saturated rings. The first-order chi connectivity index (χ1) is 16.8. The third kappa shape index (κ3) is 2.41. The maximum atomic E-state index is 7.96. The normalized spacial score (nSPS) is 18.2. The molecule has 158 valence electrons. The second-order valence-electron chi connectivity index (χ2n) is 8.53. The lowest BCUT2D eigenvalue weighted by Crippen LogP contribution is -2.30. The smallest absolute Gasteiger partial charge is 0.0943 e. The van der Waals surface area contributed by atoms with E-state index < -0.39 is 12.4 Å². The van der Waals surface area contributed by atoms with Crippen molar-refractivity contribution in [3.8, 4) is 11.1 Å². The highest BCUT2D eigenvalue weighted by atomic mass is 15.4. The van der Waals surface area contributed by atoms with E-state index in [2.05, 4.69) is 87.9 Å². The molecule has 2 aliphatic rings. The highest BCUT2D eigenvalue weighted by Gasteiger charge is 2.47. The van der Waals surface area contributed by atoms with Crippen LogP contribution in [-0.2, 0) is 5.41 Å². The minimum Gasteiger partial charge on any atom is -0.359 e. The number of aromatic nitrogens is 2. The Morgan fingerprint density at radius 3 is 2.22 bits per heavy atom. The molecule has 32 heavy (non-hydrogen) atoms. The molecule has 1 aromatic heterocycles. The predicted molar refractivity (Wildman–Crippen MR) is 129 cm³/mol. The van der Waals surface area contributed by atoms with Crippen molar-refractivity contribution in [2.24, 2.45) is 0 Å². The number of benzene rings is 3. The van der Waals surface area contributed by atoms with E-state index in [9.17, 15) is 0 Å². The molecule has 6 rings (SSSR count). The Morgan fingerprint density at radius 1 is 0.875 bits per heavy atom. The summed E-state index contributed by atoms with van der Waals surface area (Å²) in [4.78, 5) is 3.57. The molecule has 3 aromatic carbocycles. The van der Waals surface area contributed by atoms with Crippen molar-refractivity contribution < 1.29 is 4.11 Å². The molecular weight excluding hydrogens is 392 g/mol. The molecule has 1 aliphatic heterocycles. The molecule has 1 aliphatic carbocycles. The molecule has 2 heterocycles. The minimum atomic E-state index is -2.18. The molecule has 0 radical (unpaired) electrons. The van der Waals surface area contributed by atoms with Gasteiger partial charge >= 0.3 is 0 Å². The lowest BCUT2D eigenvalue weighted by atomic mass is 9.70. The first-order valence-electron chi connectivity index (χ1n) is 12.4. The summed E-state index contributed by atoms with van der Waals surface area (Å²) in [5.74, 6) is 0. The van der Waals surface area contributed by atoms with Gasteiger partial charge in [-0.25, -0.2) is 0 Å². The van der Waals surface area contributed by atoms with Crippen LogP contribution in [0.5, 0.6) is 0 Å². The average Bonchev–Trinajstić information content (AvgIpc) is 3.56. The van der Waals surface area contributed by atoms with Gasteiger partial charge in [0.05, 0.1) is 17.8 Å². The highest BCUT2D eigenvalue weighted by Crippen LogP contribution is 2.55. The Hall–Kier alpha value is -3.79. The van der Waals surface area contributed by atoms with Crippen molar-refractivity contribution in [3.05, 3.63) is 119 Å². The summed E-state index contributed by atoms with van der Waals surface area (Å²) in [7, 11) is 0. The van der Waals surface area contributed by atoms with Crippen LogP contribution in [0.1, 0.15) is 40.3 Å². The summed E-state index contributed by atoms with van der Waals surface area (Å²) < 4.78 is 23.9. The molecule has 4 nitrogen and oxygen atoms in total. The minimum absolute atomic E-state index is 0.294. The van der Waals surface area contributed by atoms with E-state index in [1.54, 1.807) is 6.20 Å². The summed E-state index contributed by atoms with van der Waals surface area (Å²) in [6.07, 6.45) is 1.80. The fourth-order valence-electron chi connectivity index (χ4n) is 5.38. The van der Waals surface area contributed by atoms with E-state index in [4.69, 9.17) is 4.11 Å². The van der Waals surface area contributed by atoms with Gasteiger partial charge in [-0.2, -0.15) is 5.10 Å². The van der Waals surface area contributed by atoms with Crippen molar-refractivity contribution in [1.82, 2.24) is 15.1 Å². The average molecular weight is 422 g/mol. The summed E-state index contributed by atoms with van der Waals surface area (Å²) in [5, 5.41) is 7.61. The van der Waals surface area contributed by atoms with Crippen LogP contribution in [-0.4, -0.2) is 28.7 Å². The van der Waals surface area contributed by atoms with Gasteiger partial charge in [-0.05, 0) is 59.9 Å². The maximum Gasteiger partial charge on any atom is 0.0943 e. The number of rotatable bonds is 3. The summed E-state index contributed by atoms with van der Waals surface area (Å²) in [6, 6.07) is 27.6. The zero-order valence-corrected chi connectivity index (χ0v) is 18.1. The van der Waals surface area contributed by atoms with Gasteiger partial charge < -0.3 is 9.80 Å². The van der Waals surface area contributed by atoms with E-state index in [0.717, 1.165) is 28.3 Å². The molecule has 0 amide bonds. The Morgan fingerprint density at radius 2 is 1.59 bits per heavy atom. The van der Waals surface area contributed by atoms with Gasteiger partial charge in [0.2, 0.25) is 0 Å². The van der Waals surface area contributed by atoms with Crippen LogP contribution in [0.3, 0.4) is 0 Å². The third-order valence-electron chi connectivity index (χ3n) is 7.06. The highest BCUT2D eigenvalue weighted by molar-refractivity contribution is 5.86. The lowest BCUT2D eigenvalue weighted by Gasteiger charge is -2.33. The fourth-order valence-corrected chi connectivity index (χ4v) is 5.38. The predicted octanol–water partition coefficient (Wildman–Crippen LogP) is 5.73. The Kier molecular flexibility index (Phi) is 3.41. The number of hydrogen-bond acceptors (Lipinski definition) is 3.